The van der Waals surface area contributed by atoms with Gasteiger partial charge in [-0.2, -0.15) is 8.42 Å². The Kier molecular flexibility index (Phi) is 6.60. The predicted octanol–water partition coefficient (Wildman–Crippen LogP) is 4.06. The standard InChI is InChI=1S/C22H22BrN3O4S2/c1-15-3-6-18(7-4-15)32(28,29)30-14-22(13-27)12-26(21-24-10-16(23)11-25-21)20-9-17(31-2)5-8-19(20)22/h3-11,27H,12-14H2,1-2H3. The fourth-order valence-corrected chi connectivity index (χ4v) is 5.30. The molecule has 2 heterocycles. The average molecular weight is 536 g/mol. The number of aryl methyl sites for hydroxylation is 1. The van der Waals surface area contributed by atoms with Crippen LogP contribution in [0.4, 0.5) is 11.6 Å². The molecule has 1 atom stereocenters. The fourth-order valence-electron chi connectivity index (χ4n) is 3.67. The van der Waals surface area contributed by atoms with E-state index >= 15 is 0 Å². The van der Waals surface area contributed by atoms with E-state index in [0.29, 0.717) is 5.95 Å². The number of hydrogen-bond donors (Lipinski definition) is 1. The van der Waals surface area contributed by atoms with Crippen molar-refractivity contribution in [2.75, 3.05) is 30.9 Å². The van der Waals surface area contributed by atoms with E-state index in [9.17, 15) is 13.5 Å². The van der Waals surface area contributed by atoms with Crippen molar-refractivity contribution in [3.05, 3.63) is 70.5 Å². The van der Waals surface area contributed by atoms with E-state index in [2.05, 4.69) is 25.9 Å². The Bertz CT molecular complexity index is 1220. The Hall–Kier alpha value is -1.98. The molecule has 1 N–H and O–H groups in total. The highest BCUT2D eigenvalue weighted by Crippen LogP contribution is 2.45. The van der Waals surface area contributed by atoms with Gasteiger partial charge in [0.2, 0.25) is 5.95 Å². The minimum absolute atomic E-state index is 0.0836. The summed E-state index contributed by atoms with van der Waals surface area (Å²) in [6.07, 6.45) is 5.28. The molecule has 168 valence electrons. The van der Waals surface area contributed by atoms with E-state index in [1.165, 1.54) is 12.1 Å². The molecular formula is C22H22BrN3O4S2. The minimum atomic E-state index is -3.99. The smallest absolute Gasteiger partial charge is 0.297 e. The first kappa shape index (κ1) is 23.2. The second-order valence-corrected chi connectivity index (χ2v) is 11.0. The molecule has 7 nitrogen and oxygen atoms in total. The van der Waals surface area contributed by atoms with Gasteiger partial charge in [0.05, 0.1) is 28.0 Å². The van der Waals surface area contributed by atoms with Gasteiger partial charge in [-0.25, -0.2) is 9.97 Å². The SMILES string of the molecule is CSc1ccc2c(c1)N(c1ncc(Br)cn1)CC2(CO)COS(=O)(=O)c1ccc(C)cc1. The molecule has 0 bridgehead atoms. The molecule has 0 radical (unpaired) electrons. The van der Waals surface area contributed by atoms with Gasteiger partial charge in [0.25, 0.3) is 10.1 Å². The lowest BCUT2D eigenvalue weighted by Gasteiger charge is -2.27. The van der Waals surface area contributed by atoms with Crippen molar-refractivity contribution in [1.29, 1.82) is 0 Å². The lowest BCUT2D eigenvalue weighted by atomic mass is 9.84. The Balaban J connectivity index is 1.70. The lowest BCUT2D eigenvalue weighted by molar-refractivity contribution is 0.143. The van der Waals surface area contributed by atoms with Crippen LogP contribution in [0, 0.1) is 6.92 Å². The molecule has 0 saturated carbocycles. The van der Waals surface area contributed by atoms with Crippen LogP contribution >= 0.6 is 27.7 Å². The van der Waals surface area contributed by atoms with Crippen molar-refractivity contribution in [2.24, 2.45) is 0 Å². The number of benzene rings is 2. The third kappa shape index (κ3) is 4.42. The van der Waals surface area contributed by atoms with Gasteiger partial charge >= 0.3 is 0 Å². The molecule has 1 unspecified atom stereocenters. The van der Waals surface area contributed by atoms with E-state index in [-0.39, 0.29) is 24.7 Å². The second-order valence-electron chi connectivity index (χ2n) is 7.64. The topological polar surface area (TPSA) is 92.6 Å². The predicted molar refractivity (Wildman–Crippen MR) is 128 cm³/mol. The van der Waals surface area contributed by atoms with Crippen LogP contribution < -0.4 is 4.90 Å². The molecule has 0 aliphatic carbocycles. The number of fused-ring (bicyclic) bond motifs is 1. The summed E-state index contributed by atoms with van der Waals surface area (Å²) in [6, 6.07) is 12.3. The van der Waals surface area contributed by atoms with Crippen LogP contribution in [0.2, 0.25) is 0 Å². The highest BCUT2D eigenvalue weighted by atomic mass is 79.9. The molecule has 0 amide bonds. The molecule has 4 rings (SSSR count). The molecule has 1 aliphatic heterocycles. The van der Waals surface area contributed by atoms with Crippen LogP contribution in [-0.4, -0.2) is 49.5 Å². The van der Waals surface area contributed by atoms with E-state index < -0.39 is 15.5 Å². The van der Waals surface area contributed by atoms with Crippen LogP contribution in [0.5, 0.6) is 0 Å². The number of halogens is 1. The Labute approximate surface area is 200 Å². The van der Waals surface area contributed by atoms with Crippen LogP contribution in [0.15, 0.2) is 69.1 Å². The summed E-state index contributed by atoms with van der Waals surface area (Å²) in [5.74, 6) is 0.462. The summed E-state index contributed by atoms with van der Waals surface area (Å²) < 4.78 is 31.9. The summed E-state index contributed by atoms with van der Waals surface area (Å²) in [4.78, 5) is 11.8. The van der Waals surface area contributed by atoms with Crippen molar-refractivity contribution in [3.63, 3.8) is 0 Å². The number of nitrogens with zero attached hydrogens (tertiary/aromatic N) is 3. The number of aliphatic hydroxyl groups is 1. The van der Waals surface area contributed by atoms with Crippen molar-refractivity contribution >= 4 is 49.4 Å². The van der Waals surface area contributed by atoms with E-state index in [0.717, 1.165) is 26.2 Å². The molecule has 1 aromatic heterocycles. The van der Waals surface area contributed by atoms with Crippen LogP contribution in [0.1, 0.15) is 11.1 Å². The molecule has 32 heavy (non-hydrogen) atoms. The second kappa shape index (κ2) is 9.11. The molecule has 3 aromatic rings. The Morgan fingerprint density at radius 1 is 1.19 bits per heavy atom. The zero-order chi connectivity index (χ0) is 22.9. The molecule has 2 aromatic carbocycles. The zero-order valence-corrected chi connectivity index (χ0v) is 20.7. The van der Waals surface area contributed by atoms with Gasteiger partial charge in [-0.15, -0.1) is 11.8 Å². The van der Waals surface area contributed by atoms with Crippen molar-refractivity contribution in [3.8, 4) is 0 Å². The molecular weight excluding hydrogens is 514 g/mol. The third-order valence-electron chi connectivity index (χ3n) is 5.48. The van der Waals surface area contributed by atoms with Crippen molar-refractivity contribution in [1.82, 2.24) is 9.97 Å². The van der Waals surface area contributed by atoms with Crippen molar-refractivity contribution < 1.29 is 17.7 Å². The number of anilines is 2. The summed E-state index contributed by atoms with van der Waals surface area (Å²) in [5.41, 5.74) is 1.61. The van der Waals surface area contributed by atoms with E-state index in [1.807, 2.05) is 36.3 Å². The quantitative estimate of drug-likeness (QED) is 0.357. The highest BCUT2D eigenvalue weighted by Gasteiger charge is 2.45. The maximum Gasteiger partial charge on any atom is 0.297 e. The fraction of sp³-hybridized carbons (Fsp3) is 0.273. The minimum Gasteiger partial charge on any atom is -0.395 e. The average Bonchev–Trinajstić information content (AvgIpc) is 3.13. The van der Waals surface area contributed by atoms with Gasteiger partial charge < -0.3 is 10.0 Å². The summed E-state index contributed by atoms with van der Waals surface area (Å²) >= 11 is 4.94. The van der Waals surface area contributed by atoms with Gasteiger partial charge in [-0.05, 0) is 58.9 Å². The van der Waals surface area contributed by atoms with E-state index in [4.69, 9.17) is 4.18 Å². The van der Waals surface area contributed by atoms with Gasteiger partial charge in [-0.1, -0.05) is 23.8 Å². The van der Waals surface area contributed by atoms with Gasteiger partial charge in [0.1, 0.15) is 0 Å². The van der Waals surface area contributed by atoms with Gasteiger partial charge in [0.15, 0.2) is 0 Å². The molecule has 0 saturated heterocycles. The number of hydrogen-bond acceptors (Lipinski definition) is 8. The number of aromatic nitrogens is 2. The summed E-state index contributed by atoms with van der Waals surface area (Å²) in [6.45, 7) is 1.66. The maximum atomic E-state index is 12.8. The monoisotopic (exact) mass is 535 g/mol. The maximum absolute atomic E-state index is 12.8. The first-order valence-corrected chi connectivity index (χ1v) is 13.2. The first-order valence-electron chi connectivity index (χ1n) is 9.78. The Morgan fingerprint density at radius 3 is 2.50 bits per heavy atom. The van der Waals surface area contributed by atoms with Gasteiger partial charge in [-0.3, -0.25) is 4.18 Å². The lowest BCUT2D eigenvalue weighted by Crippen LogP contribution is -2.40. The van der Waals surface area contributed by atoms with Crippen molar-refractivity contribution in [2.45, 2.75) is 22.1 Å². The molecule has 0 fully saturated rings. The van der Waals surface area contributed by atoms with E-state index in [1.54, 1.807) is 36.3 Å². The largest absolute Gasteiger partial charge is 0.395 e. The molecule has 1 aliphatic rings. The zero-order valence-electron chi connectivity index (χ0n) is 17.5. The normalized spacial score (nSPS) is 18.1. The summed E-state index contributed by atoms with van der Waals surface area (Å²) in [7, 11) is -3.99. The van der Waals surface area contributed by atoms with Gasteiger partial charge in [0, 0.05) is 29.5 Å². The van der Waals surface area contributed by atoms with Crippen LogP contribution in [0.25, 0.3) is 0 Å². The first-order chi connectivity index (χ1) is 15.3. The number of thioether (sulfide) groups is 1. The third-order valence-corrected chi connectivity index (χ3v) is 7.89. The molecule has 0 spiro atoms. The number of rotatable bonds is 7. The Morgan fingerprint density at radius 2 is 1.88 bits per heavy atom. The van der Waals surface area contributed by atoms with Crippen LogP contribution in [-0.2, 0) is 19.7 Å². The van der Waals surface area contributed by atoms with Crippen LogP contribution in [0.3, 0.4) is 0 Å². The summed E-state index contributed by atoms with van der Waals surface area (Å²) in [5, 5.41) is 10.4. The number of aliphatic hydroxyl groups excluding tert-OH is 1. The molecule has 10 heteroatoms. The highest BCUT2D eigenvalue weighted by molar-refractivity contribution is 9.10.